The number of carbonyl (C=O) groups is 3. The molecule has 2 aromatic rings. The van der Waals surface area contributed by atoms with Crippen LogP contribution in [0.15, 0.2) is 60.7 Å². The van der Waals surface area contributed by atoms with Gasteiger partial charge in [0, 0.05) is 0 Å². The largest absolute Gasteiger partial charge is 0.480 e. The fraction of sp³-hybridized carbons (Fsp3) is 0.318. The van der Waals surface area contributed by atoms with E-state index in [1.807, 2.05) is 0 Å². The summed E-state index contributed by atoms with van der Waals surface area (Å²) in [7, 11) is 0. The second kappa shape index (κ2) is 10.00. The molecule has 0 aliphatic heterocycles. The van der Waals surface area contributed by atoms with Crippen molar-refractivity contribution in [2.45, 2.75) is 32.1 Å². The third kappa shape index (κ3) is 4.84. The topological polar surface area (TPSA) is 142 Å². The van der Waals surface area contributed by atoms with Gasteiger partial charge < -0.3 is 26.0 Å². The van der Waals surface area contributed by atoms with Gasteiger partial charge in [0.05, 0.1) is 0 Å². The van der Waals surface area contributed by atoms with Gasteiger partial charge in [0.15, 0.2) is 5.41 Å². The molecule has 1 unspecified atom stereocenters. The molecule has 0 bridgehead atoms. The van der Waals surface area contributed by atoms with E-state index < -0.39 is 28.9 Å². The van der Waals surface area contributed by atoms with Crippen molar-refractivity contribution < 1.29 is 29.0 Å². The number of carboxylic acids is 1. The van der Waals surface area contributed by atoms with E-state index in [1.54, 1.807) is 60.7 Å². The molecule has 0 heterocycles. The van der Waals surface area contributed by atoms with Crippen LogP contribution in [-0.4, -0.2) is 35.1 Å². The Hall–Kier alpha value is -3.23. The van der Waals surface area contributed by atoms with E-state index in [0.29, 0.717) is 11.1 Å². The lowest BCUT2D eigenvalue weighted by Gasteiger charge is -2.38. The zero-order valence-corrected chi connectivity index (χ0v) is 16.7. The fourth-order valence-corrected chi connectivity index (χ4v) is 3.06. The molecule has 0 spiro atoms. The Kier molecular flexibility index (Phi) is 7.68. The lowest BCUT2D eigenvalue weighted by atomic mass is 9.68. The van der Waals surface area contributed by atoms with Crippen LogP contribution in [0.25, 0.3) is 0 Å². The van der Waals surface area contributed by atoms with Gasteiger partial charge >= 0.3 is 17.9 Å². The first-order valence-corrected chi connectivity index (χ1v) is 9.40. The lowest BCUT2D eigenvalue weighted by Crippen LogP contribution is -2.67. The van der Waals surface area contributed by atoms with E-state index in [4.69, 9.17) is 20.9 Å². The Labute approximate surface area is 174 Å². The number of carboxylic acid groups (broad SMARTS) is 1. The van der Waals surface area contributed by atoms with Crippen molar-refractivity contribution in [1.82, 2.24) is 0 Å². The van der Waals surface area contributed by atoms with Crippen LogP contribution in [-0.2, 0) is 37.1 Å². The highest BCUT2D eigenvalue weighted by Crippen LogP contribution is 2.37. The molecular formula is C22H26N2O6. The van der Waals surface area contributed by atoms with Gasteiger partial charge in [-0.25, -0.2) is 0 Å². The number of nitrogens with two attached hydrogens (primary N) is 2. The molecule has 30 heavy (non-hydrogen) atoms. The van der Waals surface area contributed by atoms with Crippen LogP contribution < -0.4 is 11.5 Å². The minimum atomic E-state index is -2.32. The van der Waals surface area contributed by atoms with Crippen molar-refractivity contribution >= 4 is 17.9 Å². The molecule has 8 heteroatoms. The lowest BCUT2D eigenvalue weighted by molar-refractivity contribution is -0.185. The average molecular weight is 414 g/mol. The van der Waals surface area contributed by atoms with Crippen molar-refractivity contribution in [3.63, 3.8) is 0 Å². The summed E-state index contributed by atoms with van der Waals surface area (Å²) in [5, 5.41) is 9.69. The zero-order valence-electron chi connectivity index (χ0n) is 16.7. The molecule has 0 aliphatic rings. The molecule has 2 aromatic carbocycles. The summed E-state index contributed by atoms with van der Waals surface area (Å²) in [6.45, 7) is 0.584. The van der Waals surface area contributed by atoms with E-state index in [2.05, 4.69) is 0 Å². The monoisotopic (exact) mass is 414 g/mol. The molecular weight excluding hydrogens is 388 g/mol. The van der Waals surface area contributed by atoms with Crippen molar-refractivity contribution in [2.24, 2.45) is 16.9 Å². The van der Waals surface area contributed by atoms with Gasteiger partial charge in [0.25, 0.3) is 0 Å². The second-order valence-electron chi connectivity index (χ2n) is 7.07. The second-order valence-corrected chi connectivity index (χ2v) is 7.07. The van der Waals surface area contributed by atoms with E-state index >= 15 is 0 Å². The molecule has 2 rings (SSSR count). The highest BCUT2D eigenvalue weighted by atomic mass is 16.6. The maximum atomic E-state index is 13.1. The van der Waals surface area contributed by atoms with Gasteiger partial charge in [-0.05, 0) is 31.0 Å². The number of esters is 2. The quantitative estimate of drug-likeness (QED) is 0.393. The molecule has 8 nitrogen and oxygen atoms in total. The molecule has 0 amide bonds. The van der Waals surface area contributed by atoms with E-state index in [1.165, 1.54) is 0 Å². The molecule has 0 radical (unpaired) electrons. The van der Waals surface area contributed by atoms with Crippen LogP contribution >= 0.6 is 0 Å². The zero-order chi connectivity index (χ0) is 22.2. The molecule has 0 saturated carbocycles. The number of aliphatic carboxylic acids is 1. The average Bonchev–Trinajstić information content (AvgIpc) is 2.75. The van der Waals surface area contributed by atoms with Crippen molar-refractivity contribution in [2.75, 3.05) is 6.54 Å². The third-order valence-electron chi connectivity index (χ3n) is 4.97. The Morgan fingerprint density at radius 2 is 1.27 bits per heavy atom. The highest BCUT2D eigenvalue weighted by molar-refractivity contribution is 6.07. The molecule has 0 fully saturated rings. The third-order valence-corrected chi connectivity index (χ3v) is 4.97. The molecule has 0 aromatic heterocycles. The summed E-state index contributed by atoms with van der Waals surface area (Å²) < 4.78 is 10.6. The van der Waals surface area contributed by atoms with Crippen LogP contribution in [0.5, 0.6) is 0 Å². The van der Waals surface area contributed by atoms with Crippen LogP contribution in [0.2, 0.25) is 0 Å². The maximum Gasteiger partial charge on any atom is 0.326 e. The Balaban J connectivity index is 2.34. The van der Waals surface area contributed by atoms with Crippen LogP contribution in [0.3, 0.4) is 0 Å². The predicted molar refractivity (Wildman–Crippen MR) is 109 cm³/mol. The van der Waals surface area contributed by atoms with Crippen LogP contribution in [0.4, 0.5) is 0 Å². The Morgan fingerprint density at radius 3 is 1.60 bits per heavy atom. The van der Waals surface area contributed by atoms with Gasteiger partial charge in [-0.15, -0.1) is 0 Å². The first kappa shape index (κ1) is 23.1. The summed E-state index contributed by atoms with van der Waals surface area (Å²) in [4.78, 5) is 38.1. The number of hydrogen-bond acceptors (Lipinski definition) is 7. The van der Waals surface area contributed by atoms with Gasteiger partial charge in [0.1, 0.15) is 18.8 Å². The Bertz CT molecular complexity index is 812. The van der Waals surface area contributed by atoms with E-state index in [9.17, 15) is 19.5 Å². The molecule has 5 N–H and O–H groups in total. The van der Waals surface area contributed by atoms with Gasteiger partial charge in [-0.1, -0.05) is 60.7 Å². The summed E-state index contributed by atoms with van der Waals surface area (Å²) in [6, 6.07) is 17.5. The smallest absolute Gasteiger partial charge is 0.326 e. The normalized spacial score (nSPS) is 13.2. The van der Waals surface area contributed by atoms with E-state index in [-0.39, 0.29) is 26.2 Å². The van der Waals surface area contributed by atoms with Gasteiger partial charge in [-0.3, -0.25) is 14.4 Å². The SMILES string of the molecule is CC(N)(C(=O)O)C(CCN)(C(=O)OCc1ccccc1)C(=O)OCc1ccccc1. The van der Waals surface area contributed by atoms with E-state index in [0.717, 1.165) is 6.92 Å². The van der Waals surface area contributed by atoms with Crippen LogP contribution in [0, 0.1) is 5.41 Å². The summed E-state index contributed by atoms with van der Waals surface area (Å²) in [5.41, 5.74) is 8.34. The van der Waals surface area contributed by atoms with Crippen molar-refractivity contribution in [3.05, 3.63) is 71.8 Å². The molecule has 0 saturated heterocycles. The number of ether oxygens (including phenoxy) is 2. The molecule has 160 valence electrons. The number of rotatable bonds is 10. The Morgan fingerprint density at radius 1 is 0.867 bits per heavy atom. The molecule has 1 atom stereocenters. The summed E-state index contributed by atoms with van der Waals surface area (Å²) >= 11 is 0. The summed E-state index contributed by atoms with van der Waals surface area (Å²) in [5.74, 6) is -3.74. The fourth-order valence-electron chi connectivity index (χ4n) is 3.06. The van der Waals surface area contributed by atoms with Gasteiger partial charge in [-0.2, -0.15) is 0 Å². The minimum Gasteiger partial charge on any atom is -0.480 e. The maximum absolute atomic E-state index is 13.1. The predicted octanol–water partition coefficient (Wildman–Crippen LogP) is 1.61. The van der Waals surface area contributed by atoms with Gasteiger partial charge in [0.2, 0.25) is 0 Å². The number of hydrogen-bond donors (Lipinski definition) is 3. The minimum absolute atomic E-state index is 0.159. The van der Waals surface area contributed by atoms with Crippen LogP contribution in [0.1, 0.15) is 24.5 Å². The van der Waals surface area contributed by atoms with Crippen molar-refractivity contribution in [1.29, 1.82) is 0 Å². The first-order valence-electron chi connectivity index (χ1n) is 9.40. The summed E-state index contributed by atoms with van der Waals surface area (Å²) in [6.07, 6.45) is -0.354. The number of benzene rings is 2. The highest BCUT2D eigenvalue weighted by Gasteiger charge is 2.63. The standard InChI is InChI=1S/C22H26N2O6/c1-21(24,18(25)26)22(12-13-23,19(27)29-14-16-8-4-2-5-9-16)20(28)30-15-17-10-6-3-7-11-17/h2-11H,12-15,23-24H2,1H3,(H,25,26). The van der Waals surface area contributed by atoms with Crippen molar-refractivity contribution in [3.8, 4) is 0 Å². The first-order chi connectivity index (χ1) is 14.3. The molecule has 0 aliphatic carbocycles. The number of carbonyl (C=O) groups excluding carboxylic acids is 2.